The molecular weight excluding hydrogens is 334 g/mol. The van der Waals surface area contributed by atoms with E-state index < -0.39 is 35.4 Å². The summed E-state index contributed by atoms with van der Waals surface area (Å²) < 4.78 is 5.20. The third-order valence-corrected chi connectivity index (χ3v) is 4.64. The second kappa shape index (κ2) is 6.72. The molecule has 3 rings (SSSR count). The fourth-order valence-corrected chi connectivity index (χ4v) is 3.38. The number of benzene rings is 2. The first-order valence-electron chi connectivity index (χ1n) is 8.19. The zero-order chi connectivity index (χ0) is 18.9. The van der Waals surface area contributed by atoms with E-state index in [1.807, 2.05) is 0 Å². The molecule has 6 heteroatoms. The molecule has 2 aromatic rings. The number of nitrogens with zero attached hydrogens (tertiary/aromatic N) is 1. The first kappa shape index (κ1) is 17.8. The second-order valence-corrected chi connectivity index (χ2v) is 6.24. The van der Waals surface area contributed by atoms with Gasteiger partial charge in [-0.25, -0.2) is 0 Å². The Morgan fingerprint density at radius 1 is 1.04 bits per heavy atom. The highest BCUT2D eigenvalue weighted by Crippen LogP contribution is 2.44. The van der Waals surface area contributed by atoms with E-state index in [0.717, 1.165) is 4.90 Å². The normalized spacial score (nSPS) is 25.2. The van der Waals surface area contributed by atoms with E-state index in [1.165, 1.54) is 14.0 Å². The molecule has 134 valence electrons. The minimum atomic E-state index is -2.17. The van der Waals surface area contributed by atoms with Crippen molar-refractivity contribution in [2.75, 3.05) is 7.05 Å². The number of aliphatic hydroxyl groups is 1. The number of carbonyl (C=O) groups excluding carboxylic acids is 3. The maximum Gasteiger partial charge on any atom is 0.303 e. The van der Waals surface area contributed by atoms with Crippen LogP contribution in [0.5, 0.6) is 0 Å². The number of likely N-dealkylation sites (tertiary alicyclic amines) is 1. The highest BCUT2D eigenvalue weighted by Gasteiger charge is 2.62. The summed E-state index contributed by atoms with van der Waals surface area (Å²) in [6, 6.07) is 16.9. The predicted molar refractivity (Wildman–Crippen MR) is 93.2 cm³/mol. The number of esters is 1. The number of ketones is 1. The van der Waals surface area contributed by atoms with Gasteiger partial charge in [0.25, 0.3) is 5.91 Å². The Hall–Kier alpha value is -2.99. The van der Waals surface area contributed by atoms with Gasteiger partial charge in [0.15, 0.2) is 6.10 Å². The van der Waals surface area contributed by atoms with Gasteiger partial charge in [-0.3, -0.25) is 14.4 Å². The van der Waals surface area contributed by atoms with Crippen molar-refractivity contribution in [2.45, 2.75) is 24.7 Å². The summed E-state index contributed by atoms with van der Waals surface area (Å²) in [6.45, 7) is 1.19. The van der Waals surface area contributed by atoms with Gasteiger partial charge in [0, 0.05) is 19.5 Å². The lowest BCUT2D eigenvalue weighted by Gasteiger charge is -2.34. The molecule has 1 saturated heterocycles. The fourth-order valence-electron chi connectivity index (χ4n) is 3.38. The molecule has 3 atom stereocenters. The van der Waals surface area contributed by atoms with Crippen molar-refractivity contribution >= 4 is 17.7 Å². The Balaban J connectivity index is 2.15. The lowest BCUT2D eigenvalue weighted by atomic mass is 9.82. The molecule has 1 heterocycles. The maximum absolute atomic E-state index is 13.2. The van der Waals surface area contributed by atoms with Crippen LogP contribution in [0, 0.1) is 0 Å². The Labute approximate surface area is 151 Å². The minimum Gasteiger partial charge on any atom is -0.452 e. The topological polar surface area (TPSA) is 83.9 Å². The van der Waals surface area contributed by atoms with Gasteiger partial charge in [0.1, 0.15) is 0 Å². The largest absolute Gasteiger partial charge is 0.452 e. The van der Waals surface area contributed by atoms with E-state index in [0.29, 0.717) is 5.56 Å². The molecule has 1 N–H and O–H groups in total. The molecule has 0 bridgehead atoms. The number of amides is 1. The quantitative estimate of drug-likeness (QED) is 0.669. The van der Waals surface area contributed by atoms with Gasteiger partial charge in [-0.15, -0.1) is 0 Å². The van der Waals surface area contributed by atoms with Gasteiger partial charge >= 0.3 is 5.97 Å². The smallest absolute Gasteiger partial charge is 0.303 e. The Morgan fingerprint density at radius 3 is 2.12 bits per heavy atom. The number of ether oxygens (including phenoxy) is 1. The van der Waals surface area contributed by atoms with Crippen LogP contribution >= 0.6 is 0 Å². The molecule has 0 aliphatic carbocycles. The van der Waals surface area contributed by atoms with Gasteiger partial charge in [0.05, 0.1) is 5.92 Å². The van der Waals surface area contributed by atoms with E-state index in [1.54, 1.807) is 60.7 Å². The summed E-state index contributed by atoms with van der Waals surface area (Å²) in [7, 11) is 1.34. The number of rotatable bonds is 4. The van der Waals surface area contributed by atoms with Crippen molar-refractivity contribution in [3.05, 3.63) is 71.8 Å². The molecule has 0 radical (unpaired) electrons. The van der Waals surface area contributed by atoms with Crippen molar-refractivity contribution in [2.24, 2.45) is 0 Å². The molecule has 1 fully saturated rings. The summed E-state index contributed by atoms with van der Waals surface area (Å²) in [5.41, 5.74) is -1.37. The van der Waals surface area contributed by atoms with Gasteiger partial charge in [0.2, 0.25) is 11.5 Å². The van der Waals surface area contributed by atoms with Crippen molar-refractivity contribution in [3.63, 3.8) is 0 Å². The van der Waals surface area contributed by atoms with Crippen molar-refractivity contribution < 1.29 is 24.2 Å². The van der Waals surface area contributed by atoms with Crippen LogP contribution < -0.4 is 0 Å². The van der Waals surface area contributed by atoms with Crippen LogP contribution in [-0.2, 0) is 14.3 Å². The summed E-state index contributed by atoms with van der Waals surface area (Å²) in [6.07, 6.45) is -1.28. The molecule has 0 aromatic heterocycles. The van der Waals surface area contributed by atoms with E-state index >= 15 is 0 Å². The first-order chi connectivity index (χ1) is 12.4. The monoisotopic (exact) mass is 353 g/mol. The molecule has 0 spiro atoms. The summed E-state index contributed by atoms with van der Waals surface area (Å²) >= 11 is 0. The SMILES string of the molecule is CC(=O)O[C@@H]1C(=O)N(C)[C@@](O)(C(=O)c2ccccc2)[C@H]1c1ccccc1. The molecule has 0 unspecified atom stereocenters. The third-order valence-electron chi connectivity index (χ3n) is 4.64. The van der Waals surface area contributed by atoms with E-state index in [4.69, 9.17) is 4.74 Å². The Morgan fingerprint density at radius 2 is 1.58 bits per heavy atom. The highest BCUT2D eigenvalue weighted by molar-refractivity contribution is 6.07. The first-order valence-corrected chi connectivity index (χ1v) is 8.19. The van der Waals surface area contributed by atoms with Crippen LogP contribution in [0.25, 0.3) is 0 Å². The lowest BCUT2D eigenvalue weighted by Crippen LogP contribution is -2.53. The molecule has 2 aromatic carbocycles. The molecule has 1 aliphatic rings. The highest BCUT2D eigenvalue weighted by atomic mass is 16.6. The Bertz CT molecular complexity index is 836. The number of hydrogen-bond acceptors (Lipinski definition) is 5. The minimum absolute atomic E-state index is 0.263. The van der Waals surface area contributed by atoms with Crippen LogP contribution in [0.3, 0.4) is 0 Å². The van der Waals surface area contributed by atoms with Crippen molar-refractivity contribution in [3.8, 4) is 0 Å². The van der Waals surface area contributed by atoms with Crippen LogP contribution in [0.4, 0.5) is 0 Å². The van der Waals surface area contributed by atoms with Crippen molar-refractivity contribution in [1.82, 2.24) is 4.90 Å². The van der Waals surface area contributed by atoms with Crippen LogP contribution in [0.15, 0.2) is 60.7 Å². The van der Waals surface area contributed by atoms with E-state index in [9.17, 15) is 19.5 Å². The number of carbonyl (C=O) groups is 3. The Kier molecular flexibility index (Phi) is 4.61. The predicted octanol–water partition coefficient (Wildman–Crippen LogP) is 1.75. The van der Waals surface area contributed by atoms with Gasteiger partial charge in [-0.1, -0.05) is 60.7 Å². The molecule has 1 aliphatic heterocycles. The summed E-state index contributed by atoms with van der Waals surface area (Å²) in [5, 5.41) is 11.4. The average Bonchev–Trinajstić information content (AvgIpc) is 2.84. The average molecular weight is 353 g/mol. The van der Waals surface area contributed by atoms with Gasteiger partial charge in [-0.05, 0) is 5.56 Å². The van der Waals surface area contributed by atoms with Gasteiger partial charge < -0.3 is 14.7 Å². The number of hydrogen-bond donors (Lipinski definition) is 1. The molecular formula is C20H19NO5. The zero-order valence-corrected chi connectivity index (χ0v) is 14.5. The lowest BCUT2D eigenvalue weighted by molar-refractivity contribution is -0.154. The molecule has 1 amide bonds. The van der Waals surface area contributed by atoms with Crippen LogP contribution in [0.2, 0.25) is 0 Å². The van der Waals surface area contributed by atoms with Crippen molar-refractivity contribution in [1.29, 1.82) is 0 Å². The molecule has 6 nitrogen and oxygen atoms in total. The van der Waals surface area contributed by atoms with Gasteiger partial charge in [-0.2, -0.15) is 0 Å². The van der Waals surface area contributed by atoms with Crippen LogP contribution in [-0.4, -0.2) is 46.5 Å². The fraction of sp³-hybridized carbons (Fsp3) is 0.250. The van der Waals surface area contributed by atoms with E-state index in [2.05, 4.69) is 0 Å². The number of likely N-dealkylation sites (N-methyl/N-ethyl adjacent to an activating group) is 1. The number of Topliss-reactive ketones (excluding diaryl/α,β-unsaturated/α-hetero) is 1. The summed E-state index contributed by atoms with van der Waals surface area (Å²) in [4.78, 5) is 38.4. The van der Waals surface area contributed by atoms with E-state index in [-0.39, 0.29) is 5.56 Å². The second-order valence-electron chi connectivity index (χ2n) is 6.24. The standard InChI is InChI=1S/C20H19NO5/c1-13(22)26-17-16(14-9-5-3-6-10-14)20(25,21(2)19(17)24)18(23)15-11-7-4-8-12-15/h3-12,16-17,25H,1-2H3/t16-,17-,20-/m0/s1. The molecule has 26 heavy (non-hydrogen) atoms. The van der Waals surface area contributed by atoms with Crippen LogP contribution in [0.1, 0.15) is 28.8 Å². The zero-order valence-electron chi connectivity index (χ0n) is 14.5. The molecule has 0 saturated carbocycles. The maximum atomic E-state index is 13.2. The summed E-state index contributed by atoms with van der Waals surface area (Å²) in [5.74, 6) is -2.95. The third kappa shape index (κ3) is 2.78.